The molecule has 0 heterocycles. The van der Waals surface area contributed by atoms with E-state index in [0.717, 1.165) is 12.8 Å². The predicted octanol–water partition coefficient (Wildman–Crippen LogP) is 1.81. The molecule has 2 N–H and O–H groups in total. The molecular formula is C16H24N2O2. The molecule has 0 aliphatic heterocycles. The van der Waals surface area contributed by atoms with Gasteiger partial charge in [-0.3, -0.25) is 0 Å². The zero-order chi connectivity index (χ0) is 14.8. The van der Waals surface area contributed by atoms with Crippen LogP contribution in [-0.2, 0) is 12.8 Å². The molecule has 1 aromatic rings. The van der Waals surface area contributed by atoms with Crippen molar-refractivity contribution in [3.8, 4) is 0 Å². The number of aliphatic hydroxyl groups excluding tert-OH is 1. The minimum absolute atomic E-state index is 0.0212. The van der Waals surface area contributed by atoms with E-state index in [0.29, 0.717) is 6.54 Å². The summed E-state index contributed by atoms with van der Waals surface area (Å²) in [5, 5.41) is 12.1. The van der Waals surface area contributed by atoms with Gasteiger partial charge in [0.05, 0.1) is 12.6 Å². The van der Waals surface area contributed by atoms with Crippen LogP contribution in [0.4, 0.5) is 4.79 Å². The molecule has 1 aliphatic rings. The summed E-state index contributed by atoms with van der Waals surface area (Å²) in [6.45, 7) is 4.67. The quantitative estimate of drug-likeness (QED) is 0.881. The second-order valence-corrected chi connectivity index (χ2v) is 6.23. The van der Waals surface area contributed by atoms with Crippen LogP contribution in [0.15, 0.2) is 24.3 Å². The molecule has 1 aromatic carbocycles. The highest BCUT2D eigenvalue weighted by molar-refractivity contribution is 5.74. The third-order valence-corrected chi connectivity index (χ3v) is 4.26. The SMILES string of the molecule is CC(CO)N(C)C(=O)NCC1(C)Cc2ccccc2C1. The summed E-state index contributed by atoms with van der Waals surface area (Å²) in [6.07, 6.45) is 2.01. The number of likely N-dealkylation sites (N-methyl/N-ethyl adjacent to an activating group) is 1. The predicted molar refractivity (Wildman–Crippen MR) is 79.7 cm³/mol. The van der Waals surface area contributed by atoms with E-state index in [1.54, 1.807) is 11.9 Å². The Balaban J connectivity index is 1.91. The van der Waals surface area contributed by atoms with Crippen molar-refractivity contribution in [2.24, 2.45) is 5.41 Å². The third-order valence-electron chi connectivity index (χ3n) is 4.26. The summed E-state index contributed by atoms with van der Waals surface area (Å²) in [4.78, 5) is 13.6. The zero-order valence-corrected chi connectivity index (χ0v) is 12.5. The van der Waals surface area contributed by atoms with Gasteiger partial charge in [-0.05, 0) is 36.3 Å². The lowest BCUT2D eigenvalue weighted by Crippen LogP contribution is -2.47. The first-order chi connectivity index (χ1) is 9.45. The Labute approximate surface area is 120 Å². The van der Waals surface area contributed by atoms with Crippen LogP contribution in [0.3, 0.4) is 0 Å². The summed E-state index contributed by atoms with van der Waals surface area (Å²) in [6, 6.07) is 8.19. The van der Waals surface area contributed by atoms with Crippen LogP contribution < -0.4 is 5.32 Å². The van der Waals surface area contributed by atoms with E-state index < -0.39 is 0 Å². The zero-order valence-electron chi connectivity index (χ0n) is 12.5. The molecule has 20 heavy (non-hydrogen) atoms. The fourth-order valence-electron chi connectivity index (χ4n) is 2.75. The maximum absolute atomic E-state index is 12.0. The second-order valence-electron chi connectivity index (χ2n) is 6.23. The van der Waals surface area contributed by atoms with Gasteiger partial charge in [0.2, 0.25) is 0 Å². The van der Waals surface area contributed by atoms with Gasteiger partial charge in [-0.1, -0.05) is 31.2 Å². The minimum Gasteiger partial charge on any atom is -0.394 e. The monoisotopic (exact) mass is 276 g/mol. The number of nitrogens with zero attached hydrogens (tertiary/aromatic N) is 1. The largest absolute Gasteiger partial charge is 0.394 e. The van der Waals surface area contributed by atoms with E-state index in [1.165, 1.54) is 11.1 Å². The van der Waals surface area contributed by atoms with Crippen molar-refractivity contribution in [2.45, 2.75) is 32.7 Å². The van der Waals surface area contributed by atoms with Crippen molar-refractivity contribution in [3.63, 3.8) is 0 Å². The van der Waals surface area contributed by atoms with E-state index in [-0.39, 0.29) is 24.1 Å². The van der Waals surface area contributed by atoms with Crippen molar-refractivity contribution in [1.82, 2.24) is 10.2 Å². The molecule has 0 spiro atoms. The van der Waals surface area contributed by atoms with Gasteiger partial charge in [-0.15, -0.1) is 0 Å². The molecule has 2 amide bonds. The van der Waals surface area contributed by atoms with Gasteiger partial charge in [0, 0.05) is 13.6 Å². The molecule has 1 unspecified atom stereocenters. The first-order valence-corrected chi connectivity index (χ1v) is 7.13. The van der Waals surface area contributed by atoms with Crippen LogP contribution in [0.1, 0.15) is 25.0 Å². The summed E-state index contributed by atoms with van der Waals surface area (Å²) in [5.41, 5.74) is 2.87. The molecule has 0 saturated carbocycles. The van der Waals surface area contributed by atoms with Gasteiger partial charge in [0.15, 0.2) is 0 Å². The standard InChI is InChI=1S/C16H24N2O2/c1-12(10-19)18(3)15(20)17-11-16(2)8-13-6-4-5-7-14(13)9-16/h4-7,12,19H,8-11H2,1-3H3,(H,17,20). The Hall–Kier alpha value is -1.55. The molecule has 0 aromatic heterocycles. The second kappa shape index (κ2) is 5.83. The Kier molecular flexibility index (Phi) is 4.33. The highest BCUT2D eigenvalue weighted by atomic mass is 16.3. The number of rotatable bonds is 4. The first-order valence-electron chi connectivity index (χ1n) is 7.13. The van der Waals surface area contributed by atoms with E-state index >= 15 is 0 Å². The molecule has 0 radical (unpaired) electrons. The average molecular weight is 276 g/mol. The molecule has 0 bridgehead atoms. The molecule has 4 nitrogen and oxygen atoms in total. The van der Waals surface area contributed by atoms with Gasteiger partial charge < -0.3 is 15.3 Å². The van der Waals surface area contributed by atoms with Crippen LogP contribution in [0.25, 0.3) is 0 Å². The normalized spacial score (nSPS) is 17.4. The fourth-order valence-corrected chi connectivity index (χ4v) is 2.75. The molecule has 0 fully saturated rings. The van der Waals surface area contributed by atoms with E-state index in [2.05, 4.69) is 36.5 Å². The van der Waals surface area contributed by atoms with Crippen LogP contribution >= 0.6 is 0 Å². The maximum atomic E-state index is 12.0. The van der Waals surface area contributed by atoms with Crippen molar-refractivity contribution >= 4 is 6.03 Å². The number of nitrogens with one attached hydrogen (secondary N) is 1. The van der Waals surface area contributed by atoms with Gasteiger partial charge in [0.1, 0.15) is 0 Å². The van der Waals surface area contributed by atoms with E-state index in [1.807, 2.05) is 6.92 Å². The Bertz CT molecular complexity index is 462. The van der Waals surface area contributed by atoms with Gasteiger partial charge >= 0.3 is 6.03 Å². The number of hydrogen-bond donors (Lipinski definition) is 2. The van der Waals surface area contributed by atoms with Crippen LogP contribution in [-0.4, -0.2) is 42.3 Å². The molecule has 1 atom stereocenters. The number of hydrogen-bond acceptors (Lipinski definition) is 2. The lowest BCUT2D eigenvalue weighted by Gasteiger charge is -2.28. The highest BCUT2D eigenvalue weighted by Gasteiger charge is 2.33. The molecule has 0 saturated heterocycles. The number of amides is 2. The third kappa shape index (κ3) is 3.12. The maximum Gasteiger partial charge on any atom is 0.317 e. The molecular weight excluding hydrogens is 252 g/mol. The fraction of sp³-hybridized carbons (Fsp3) is 0.562. The first kappa shape index (κ1) is 14.9. The van der Waals surface area contributed by atoms with Crippen molar-refractivity contribution in [3.05, 3.63) is 35.4 Å². The molecule has 110 valence electrons. The topological polar surface area (TPSA) is 52.6 Å². The molecule has 1 aliphatic carbocycles. The Morgan fingerprint density at radius 1 is 1.40 bits per heavy atom. The Morgan fingerprint density at radius 3 is 2.45 bits per heavy atom. The van der Waals surface area contributed by atoms with E-state index in [9.17, 15) is 4.79 Å². The van der Waals surface area contributed by atoms with Gasteiger partial charge in [-0.2, -0.15) is 0 Å². The summed E-state index contributed by atoms with van der Waals surface area (Å²) < 4.78 is 0. The Morgan fingerprint density at radius 2 is 1.95 bits per heavy atom. The van der Waals surface area contributed by atoms with Crippen molar-refractivity contribution < 1.29 is 9.90 Å². The number of carbonyl (C=O) groups is 1. The summed E-state index contributed by atoms with van der Waals surface area (Å²) in [7, 11) is 1.71. The lowest BCUT2D eigenvalue weighted by molar-refractivity contribution is 0.154. The van der Waals surface area contributed by atoms with Crippen molar-refractivity contribution in [2.75, 3.05) is 20.2 Å². The molecule has 2 rings (SSSR count). The van der Waals surface area contributed by atoms with Crippen LogP contribution in [0, 0.1) is 5.41 Å². The number of urea groups is 1. The minimum atomic E-state index is -0.163. The van der Waals surface area contributed by atoms with Gasteiger partial charge in [0.25, 0.3) is 0 Å². The van der Waals surface area contributed by atoms with Crippen LogP contribution in [0.2, 0.25) is 0 Å². The lowest BCUT2D eigenvalue weighted by atomic mass is 9.87. The number of carbonyl (C=O) groups excluding carboxylic acids is 1. The van der Waals surface area contributed by atoms with Gasteiger partial charge in [-0.25, -0.2) is 4.79 Å². The van der Waals surface area contributed by atoms with Crippen molar-refractivity contribution in [1.29, 1.82) is 0 Å². The van der Waals surface area contributed by atoms with E-state index in [4.69, 9.17) is 5.11 Å². The summed E-state index contributed by atoms with van der Waals surface area (Å²) in [5.74, 6) is 0. The number of fused-ring (bicyclic) bond motifs is 1. The summed E-state index contributed by atoms with van der Waals surface area (Å²) >= 11 is 0. The molecule has 4 heteroatoms. The smallest absolute Gasteiger partial charge is 0.317 e. The average Bonchev–Trinajstić information content (AvgIpc) is 2.79. The number of aliphatic hydroxyl groups is 1. The van der Waals surface area contributed by atoms with Crippen LogP contribution in [0.5, 0.6) is 0 Å². The number of benzene rings is 1. The highest BCUT2D eigenvalue weighted by Crippen LogP contribution is 2.35.